The number of hydrogen-bond acceptors (Lipinski definition) is 4. The van der Waals surface area contributed by atoms with Gasteiger partial charge in [-0.3, -0.25) is 9.38 Å². The van der Waals surface area contributed by atoms with Crippen molar-refractivity contribution in [2.24, 2.45) is 0 Å². The molecule has 0 N–H and O–H groups in total. The first-order chi connectivity index (χ1) is 12.8. The van der Waals surface area contributed by atoms with Crippen molar-refractivity contribution in [3.8, 4) is 22.6 Å². The molecule has 3 heterocycles. The number of hydrogen-bond donors (Lipinski definition) is 0. The zero-order chi connectivity index (χ0) is 17.5. The van der Waals surface area contributed by atoms with Crippen LogP contribution in [0.4, 0.5) is 4.39 Å². The van der Waals surface area contributed by atoms with E-state index in [1.54, 1.807) is 24.5 Å². The van der Waals surface area contributed by atoms with Crippen LogP contribution in [0.1, 0.15) is 0 Å². The highest BCUT2D eigenvalue weighted by molar-refractivity contribution is 5.76. The minimum absolute atomic E-state index is 0.271. The normalized spacial score (nSPS) is 11.3. The lowest BCUT2D eigenvalue weighted by Crippen LogP contribution is -1.95. The summed E-state index contributed by atoms with van der Waals surface area (Å²) in [5, 5.41) is 0. The van der Waals surface area contributed by atoms with Crippen molar-refractivity contribution in [2.75, 3.05) is 0 Å². The quantitative estimate of drug-likeness (QED) is 0.484. The second-order valence-electron chi connectivity index (χ2n) is 5.88. The smallest absolute Gasteiger partial charge is 0.234 e. The summed E-state index contributed by atoms with van der Waals surface area (Å²) in [5.74, 6) is 0.282. The van der Waals surface area contributed by atoms with Crippen molar-refractivity contribution >= 4 is 16.8 Å². The molecule has 0 spiro atoms. The summed E-state index contributed by atoms with van der Waals surface area (Å²) in [7, 11) is 0. The lowest BCUT2D eigenvalue weighted by Gasteiger charge is -2.04. The van der Waals surface area contributed by atoms with Crippen LogP contribution in [0.3, 0.4) is 0 Å². The van der Waals surface area contributed by atoms with Crippen molar-refractivity contribution in [3.05, 3.63) is 79.0 Å². The van der Waals surface area contributed by atoms with Crippen LogP contribution in [0.5, 0.6) is 0 Å². The molecular weight excluding hydrogens is 329 g/mol. The number of imidazole rings is 1. The number of benzene rings is 2. The Morgan fingerprint density at radius 3 is 2.38 bits per heavy atom. The number of para-hydroxylation sites is 2. The number of aromatic nitrogens is 5. The Labute approximate surface area is 147 Å². The van der Waals surface area contributed by atoms with E-state index in [9.17, 15) is 4.39 Å². The van der Waals surface area contributed by atoms with E-state index >= 15 is 0 Å². The van der Waals surface area contributed by atoms with Gasteiger partial charge in [-0.05, 0) is 42.5 Å². The second-order valence-corrected chi connectivity index (χ2v) is 5.88. The largest absolute Gasteiger partial charge is 0.282 e. The van der Waals surface area contributed by atoms with E-state index in [4.69, 9.17) is 0 Å². The first-order valence-electron chi connectivity index (χ1n) is 8.10. The number of halogens is 1. The van der Waals surface area contributed by atoms with Crippen LogP contribution < -0.4 is 0 Å². The standard InChI is InChI=1S/C20H12FN5/c21-14-7-5-13(6-8-14)15-9-10-26-19(12-23-20(26)25-15)18-11-22-16-3-1-2-4-17(16)24-18/h1-12H. The molecule has 0 aliphatic carbocycles. The summed E-state index contributed by atoms with van der Waals surface area (Å²) in [5.41, 5.74) is 4.80. The highest BCUT2D eigenvalue weighted by Gasteiger charge is 2.11. The first-order valence-corrected chi connectivity index (χ1v) is 8.10. The van der Waals surface area contributed by atoms with Gasteiger partial charge in [0.05, 0.1) is 34.8 Å². The molecule has 5 rings (SSSR count). The Hall–Kier alpha value is -3.67. The molecule has 6 heteroatoms. The highest BCUT2D eigenvalue weighted by atomic mass is 19.1. The minimum atomic E-state index is -0.271. The molecule has 0 radical (unpaired) electrons. The number of nitrogens with zero attached hydrogens (tertiary/aromatic N) is 5. The molecule has 0 atom stereocenters. The van der Waals surface area contributed by atoms with E-state index in [1.165, 1.54) is 12.1 Å². The average Bonchev–Trinajstić information content (AvgIpc) is 3.11. The summed E-state index contributed by atoms with van der Waals surface area (Å²) in [6.07, 6.45) is 5.36. The zero-order valence-electron chi connectivity index (χ0n) is 13.5. The Bertz CT molecular complexity index is 1240. The monoisotopic (exact) mass is 341 g/mol. The molecule has 0 amide bonds. The Kier molecular flexibility index (Phi) is 3.21. The predicted molar refractivity (Wildman–Crippen MR) is 96.9 cm³/mol. The first kappa shape index (κ1) is 14.7. The van der Waals surface area contributed by atoms with Gasteiger partial charge in [-0.15, -0.1) is 0 Å². The van der Waals surface area contributed by atoms with Crippen molar-refractivity contribution in [1.82, 2.24) is 24.3 Å². The topological polar surface area (TPSA) is 56.0 Å². The maximum Gasteiger partial charge on any atom is 0.234 e. The maximum atomic E-state index is 13.1. The van der Waals surface area contributed by atoms with Crippen LogP contribution in [0.25, 0.3) is 39.5 Å². The van der Waals surface area contributed by atoms with Crippen LogP contribution in [0.2, 0.25) is 0 Å². The Morgan fingerprint density at radius 1 is 0.731 bits per heavy atom. The van der Waals surface area contributed by atoms with E-state index < -0.39 is 0 Å². The third-order valence-electron chi connectivity index (χ3n) is 4.23. The lowest BCUT2D eigenvalue weighted by molar-refractivity contribution is 0.628. The molecule has 124 valence electrons. The maximum absolute atomic E-state index is 13.1. The van der Waals surface area contributed by atoms with Crippen molar-refractivity contribution in [3.63, 3.8) is 0 Å². The molecule has 0 unspecified atom stereocenters. The highest BCUT2D eigenvalue weighted by Crippen LogP contribution is 2.23. The zero-order valence-corrected chi connectivity index (χ0v) is 13.5. The molecule has 26 heavy (non-hydrogen) atoms. The van der Waals surface area contributed by atoms with Crippen molar-refractivity contribution < 1.29 is 4.39 Å². The summed E-state index contributed by atoms with van der Waals surface area (Å²) < 4.78 is 15.0. The summed E-state index contributed by atoms with van der Waals surface area (Å²) in [6.45, 7) is 0. The van der Waals surface area contributed by atoms with Crippen LogP contribution >= 0.6 is 0 Å². The molecule has 5 aromatic rings. The fraction of sp³-hybridized carbons (Fsp3) is 0. The van der Waals surface area contributed by atoms with Crippen LogP contribution in [-0.4, -0.2) is 24.3 Å². The SMILES string of the molecule is Fc1ccc(-c2ccn3c(-c4cnc5ccccc5n4)cnc3n2)cc1. The van der Waals surface area contributed by atoms with Gasteiger partial charge in [0.2, 0.25) is 5.78 Å². The average molecular weight is 341 g/mol. The Balaban J connectivity index is 1.61. The van der Waals surface area contributed by atoms with Gasteiger partial charge in [-0.1, -0.05) is 12.1 Å². The summed E-state index contributed by atoms with van der Waals surface area (Å²) in [6, 6.07) is 15.8. The van der Waals surface area contributed by atoms with Crippen molar-refractivity contribution in [2.45, 2.75) is 0 Å². The minimum Gasteiger partial charge on any atom is -0.282 e. The Morgan fingerprint density at radius 2 is 1.54 bits per heavy atom. The third kappa shape index (κ3) is 2.39. The molecule has 0 saturated heterocycles. The summed E-state index contributed by atoms with van der Waals surface area (Å²) >= 11 is 0. The van der Waals surface area contributed by atoms with Crippen LogP contribution in [0, 0.1) is 5.82 Å². The van der Waals surface area contributed by atoms with E-state index in [2.05, 4.69) is 19.9 Å². The van der Waals surface area contributed by atoms with E-state index in [-0.39, 0.29) is 5.82 Å². The van der Waals surface area contributed by atoms with Crippen LogP contribution in [-0.2, 0) is 0 Å². The summed E-state index contributed by atoms with van der Waals surface area (Å²) in [4.78, 5) is 18.1. The molecule has 0 aliphatic heterocycles. The van der Waals surface area contributed by atoms with E-state index in [0.717, 1.165) is 33.7 Å². The molecule has 5 nitrogen and oxygen atoms in total. The molecular formula is C20H12FN5. The molecule has 3 aromatic heterocycles. The lowest BCUT2D eigenvalue weighted by atomic mass is 10.1. The van der Waals surface area contributed by atoms with E-state index in [1.807, 2.05) is 40.9 Å². The van der Waals surface area contributed by atoms with Gasteiger partial charge in [0.1, 0.15) is 11.5 Å². The van der Waals surface area contributed by atoms with Crippen molar-refractivity contribution in [1.29, 1.82) is 0 Å². The predicted octanol–water partition coefficient (Wildman–Crippen LogP) is 4.15. The van der Waals surface area contributed by atoms with Gasteiger partial charge in [0.15, 0.2) is 0 Å². The van der Waals surface area contributed by atoms with Gasteiger partial charge in [0, 0.05) is 11.8 Å². The number of rotatable bonds is 2. The van der Waals surface area contributed by atoms with Gasteiger partial charge in [-0.25, -0.2) is 19.3 Å². The third-order valence-corrected chi connectivity index (χ3v) is 4.23. The fourth-order valence-electron chi connectivity index (χ4n) is 2.92. The van der Waals surface area contributed by atoms with Gasteiger partial charge < -0.3 is 0 Å². The molecule has 0 aliphatic rings. The van der Waals surface area contributed by atoms with Gasteiger partial charge >= 0.3 is 0 Å². The second kappa shape index (κ2) is 5.70. The molecule has 0 fully saturated rings. The van der Waals surface area contributed by atoms with Gasteiger partial charge in [0.25, 0.3) is 0 Å². The van der Waals surface area contributed by atoms with Gasteiger partial charge in [-0.2, -0.15) is 0 Å². The fourth-order valence-corrected chi connectivity index (χ4v) is 2.92. The molecule has 0 bridgehead atoms. The van der Waals surface area contributed by atoms with Crippen LogP contribution in [0.15, 0.2) is 73.2 Å². The number of fused-ring (bicyclic) bond motifs is 2. The molecule has 0 saturated carbocycles. The van der Waals surface area contributed by atoms with E-state index in [0.29, 0.717) is 5.78 Å². The molecule has 2 aromatic carbocycles.